The molecule has 2 rings (SSSR count). The first kappa shape index (κ1) is 19.8. The molecule has 1 heterocycles. The zero-order valence-corrected chi connectivity index (χ0v) is 15.1. The molecule has 0 aliphatic heterocycles. The second-order valence-corrected chi connectivity index (χ2v) is 7.83. The zero-order valence-electron chi connectivity index (χ0n) is 14.3. The molecule has 0 aromatic carbocycles. The van der Waals surface area contributed by atoms with E-state index in [-0.39, 0.29) is 37.2 Å². The highest BCUT2D eigenvalue weighted by Crippen LogP contribution is 2.44. The van der Waals surface area contributed by atoms with Crippen molar-refractivity contribution < 1.29 is 13.6 Å². The molecule has 0 spiro atoms. The normalized spacial score (nSPS) is 19.8. The number of pyridine rings is 1. The largest absolute Gasteiger partial charge is 0.321 e. The topological polar surface area (TPSA) is 79.8 Å². The van der Waals surface area contributed by atoms with Crippen molar-refractivity contribution in [3.63, 3.8) is 0 Å². The van der Waals surface area contributed by atoms with Crippen molar-refractivity contribution in [1.82, 2.24) is 4.98 Å². The molecule has 4 nitrogen and oxygen atoms in total. The minimum absolute atomic E-state index is 0.0965. The Morgan fingerprint density at radius 2 is 2.08 bits per heavy atom. The van der Waals surface area contributed by atoms with Gasteiger partial charge in [-0.3, -0.25) is 9.78 Å². The Morgan fingerprint density at radius 1 is 1.40 bits per heavy atom. The summed E-state index contributed by atoms with van der Waals surface area (Å²) in [6.07, 6.45) is 1.63. The Hall–Kier alpha value is -1.52. The molecule has 2 N–H and O–H groups in total. The first-order valence-corrected chi connectivity index (χ1v) is 9.62. The fraction of sp³-hybridized carbons (Fsp3) is 0.611. The molecule has 1 aliphatic carbocycles. The molecule has 0 unspecified atom stereocenters. The molecule has 1 aromatic heterocycles. The zero-order chi connectivity index (χ0) is 18.5. The summed E-state index contributed by atoms with van der Waals surface area (Å²) in [5, 5.41) is 9.54. The lowest BCUT2D eigenvalue weighted by atomic mass is 9.70. The van der Waals surface area contributed by atoms with Gasteiger partial charge in [-0.2, -0.15) is 17.0 Å². The molecule has 0 radical (unpaired) electrons. The highest BCUT2D eigenvalue weighted by Gasteiger charge is 2.44. The van der Waals surface area contributed by atoms with Crippen LogP contribution >= 0.6 is 11.8 Å². The molecule has 136 valence electrons. The van der Waals surface area contributed by atoms with E-state index in [0.29, 0.717) is 12.0 Å². The summed E-state index contributed by atoms with van der Waals surface area (Å²) in [5.74, 6) is -1.15. The summed E-state index contributed by atoms with van der Waals surface area (Å²) >= 11 is 1.72. The average molecular weight is 367 g/mol. The van der Waals surface area contributed by atoms with Gasteiger partial charge in [-0.1, -0.05) is 13.0 Å². The van der Waals surface area contributed by atoms with Crippen molar-refractivity contribution in [3.8, 4) is 6.07 Å². The second kappa shape index (κ2) is 8.24. The summed E-state index contributed by atoms with van der Waals surface area (Å²) in [7, 11) is 0. The van der Waals surface area contributed by atoms with Gasteiger partial charge in [0.25, 0.3) is 0 Å². The Balaban J connectivity index is 2.08. The van der Waals surface area contributed by atoms with Gasteiger partial charge in [-0.25, -0.2) is 8.78 Å². The fourth-order valence-electron chi connectivity index (χ4n) is 3.01. The molecule has 1 atom stereocenters. The van der Waals surface area contributed by atoms with E-state index in [9.17, 15) is 18.8 Å². The number of halogens is 2. The number of aromatic nitrogens is 1. The van der Waals surface area contributed by atoms with Crippen LogP contribution in [-0.2, 0) is 5.41 Å². The lowest BCUT2D eigenvalue weighted by Crippen LogP contribution is -2.36. The van der Waals surface area contributed by atoms with Crippen molar-refractivity contribution >= 4 is 17.5 Å². The number of thioether (sulfide) groups is 1. The Labute approximate surface area is 151 Å². The monoisotopic (exact) mass is 367 g/mol. The van der Waals surface area contributed by atoms with Crippen LogP contribution in [0.1, 0.15) is 55.1 Å². The van der Waals surface area contributed by atoms with Crippen molar-refractivity contribution in [2.75, 3.05) is 11.5 Å². The molecule has 0 amide bonds. The highest BCUT2D eigenvalue weighted by atomic mass is 32.2. The van der Waals surface area contributed by atoms with Crippen LogP contribution in [0.4, 0.5) is 8.78 Å². The summed E-state index contributed by atoms with van der Waals surface area (Å²) in [5.41, 5.74) is 5.82. The van der Waals surface area contributed by atoms with Gasteiger partial charge in [-0.05, 0) is 42.4 Å². The summed E-state index contributed by atoms with van der Waals surface area (Å²) in [6.45, 7) is 2.05. The third kappa shape index (κ3) is 4.77. The van der Waals surface area contributed by atoms with Crippen LogP contribution in [0, 0.1) is 11.3 Å². The number of ketones is 1. The number of hydrogen-bond donors (Lipinski definition) is 1. The molecular weight excluding hydrogens is 344 g/mol. The van der Waals surface area contributed by atoms with Crippen LogP contribution < -0.4 is 5.73 Å². The Kier molecular flexibility index (Phi) is 6.53. The minimum atomic E-state index is -2.70. The van der Waals surface area contributed by atoms with Gasteiger partial charge in [0.05, 0.1) is 17.5 Å². The third-order valence-corrected chi connectivity index (χ3v) is 5.66. The van der Waals surface area contributed by atoms with E-state index in [2.05, 4.69) is 11.1 Å². The number of Topliss-reactive ketones (excluding diaryl/α,β-unsaturated/α-hetero) is 1. The van der Waals surface area contributed by atoms with Gasteiger partial charge in [0.1, 0.15) is 5.69 Å². The number of hydrogen-bond acceptors (Lipinski definition) is 5. The number of nitrogens with two attached hydrogens (primary N) is 1. The van der Waals surface area contributed by atoms with Gasteiger partial charge in [0, 0.05) is 19.0 Å². The summed E-state index contributed by atoms with van der Waals surface area (Å²) in [6, 6.07) is 4.80. The lowest BCUT2D eigenvalue weighted by molar-refractivity contribution is -0.0453. The van der Waals surface area contributed by atoms with Crippen LogP contribution in [0.3, 0.4) is 0 Å². The van der Waals surface area contributed by atoms with E-state index >= 15 is 0 Å². The number of nitriles is 1. The molecule has 1 aliphatic rings. The molecule has 1 aromatic rings. The lowest BCUT2D eigenvalue weighted by Gasteiger charge is -2.34. The van der Waals surface area contributed by atoms with Crippen LogP contribution in [0.5, 0.6) is 0 Å². The number of carbonyl (C=O) groups is 1. The van der Waals surface area contributed by atoms with E-state index in [1.807, 2.05) is 6.92 Å². The minimum Gasteiger partial charge on any atom is -0.321 e. The molecule has 0 bridgehead atoms. The van der Waals surface area contributed by atoms with Crippen LogP contribution in [0.15, 0.2) is 18.3 Å². The van der Waals surface area contributed by atoms with Crippen LogP contribution in [-0.4, -0.2) is 34.2 Å². The molecular formula is C18H23F2N3OS. The number of rotatable bonds is 7. The van der Waals surface area contributed by atoms with Crippen LogP contribution in [0.25, 0.3) is 0 Å². The van der Waals surface area contributed by atoms with E-state index in [1.54, 1.807) is 23.9 Å². The number of carbonyl (C=O) groups excluding carboxylic acids is 1. The molecule has 1 saturated carbocycles. The van der Waals surface area contributed by atoms with Crippen molar-refractivity contribution in [2.24, 2.45) is 5.73 Å². The molecule has 25 heavy (non-hydrogen) atoms. The molecule has 1 fully saturated rings. The maximum atomic E-state index is 13.4. The maximum Gasteiger partial charge on any atom is 0.248 e. The van der Waals surface area contributed by atoms with Gasteiger partial charge in [0.15, 0.2) is 5.78 Å². The Morgan fingerprint density at radius 3 is 2.60 bits per heavy atom. The van der Waals surface area contributed by atoms with Gasteiger partial charge in [0.2, 0.25) is 5.92 Å². The van der Waals surface area contributed by atoms with E-state index in [0.717, 1.165) is 11.5 Å². The summed E-state index contributed by atoms with van der Waals surface area (Å²) in [4.78, 5) is 16.5. The standard InChI is InChI=1S/C18H23F2N3OS/c1-2-25-10-5-14(22)16(24)15-4-3-13(11-23-15)17(12-21)6-8-18(19,20)9-7-17/h3-4,11,14H,2,5-10,22H2,1H3/t14-/m0/s1. The smallest absolute Gasteiger partial charge is 0.248 e. The molecule has 0 saturated heterocycles. The highest BCUT2D eigenvalue weighted by molar-refractivity contribution is 7.99. The van der Waals surface area contributed by atoms with Gasteiger partial charge < -0.3 is 5.73 Å². The number of nitrogens with zero attached hydrogens (tertiary/aromatic N) is 2. The predicted octanol–water partition coefficient (Wildman–Crippen LogP) is 3.71. The number of alkyl halides is 2. The third-order valence-electron chi connectivity index (χ3n) is 4.73. The van der Waals surface area contributed by atoms with Gasteiger partial charge in [-0.15, -0.1) is 0 Å². The van der Waals surface area contributed by atoms with Gasteiger partial charge >= 0.3 is 0 Å². The first-order chi connectivity index (χ1) is 11.8. The Bertz CT molecular complexity index is 633. The fourth-order valence-corrected chi connectivity index (χ4v) is 3.72. The van der Waals surface area contributed by atoms with E-state index in [4.69, 9.17) is 5.73 Å². The maximum absolute atomic E-state index is 13.4. The van der Waals surface area contributed by atoms with Crippen molar-refractivity contribution in [1.29, 1.82) is 5.26 Å². The predicted molar refractivity (Wildman–Crippen MR) is 94.9 cm³/mol. The first-order valence-electron chi connectivity index (χ1n) is 8.47. The van der Waals surface area contributed by atoms with Crippen molar-refractivity contribution in [3.05, 3.63) is 29.6 Å². The quantitative estimate of drug-likeness (QED) is 0.587. The van der Waals surface area contributed by atoms with E-state index < -0.39 is 17.4 Å². The van der Waals surface area contributed by atoms with Crippen molar-refractivity contribution in [2.45, 2.75) is 56.4 Å². The molecule has 7 heteroatoms. The average Bonchev–Trinajstić information content (AvgIpc) is 2.62. The van der Waals surface area contributed by atoms with E-state index in [1.165, 1.54) is 6.20 Å². The second-order valence-electron chi connectivity index (χ2n) is 6.44. The SMILES string of the molecule is CCSCC[C@H](N)C(=O)c1ccc(C2(C#N)CCC(F)(F)CC2)cn1. The van der Waals surface area contributed by atoms with Crippen LogP contribution in [0.2, 0.25) is 0 Å². The summed E-state index contributed by atoms with van der Waals surface area (Å²) < 4.78 is 26.8.